The van der Waals surface area contributed by atoms with Crippen molar-refractivity contribution in [2.75, 3.05) is 6.54 Å². The van der Waals surface area contributed by atoms with Crippen molar-refractivity contribution in [1.82, 2.24) is 10.3 Å². The number of carbonyl (C=O) groups is 1. The summed E-state index contributed by atoms with van der Waals surface area (Å²) in [6, 6.07) is 6.73. The topological polar surface area (TPSA) is 76.1 Å². The van der Waals surface area contributed by atoms with Crippen molar-refractivity contribution in [3.8, 4) is 0 Å². The first kappa shape index (κ1) is 15.2. The highest BCUT2D eigenvalue weighted by molar-refractivity contribution is 7.93. The SMILES string of the molecule is O=C(NC[C@H](c1cccnc1)S(=O)(=O)c1cccs1)C1CC1. The Morgan fingerprint density at radius 3 is 2.77 bits per heavy atom. The summed E-state index contributed by atoms with van der Waals surface area (Å²) in [5.74, 6) is -0.00531. The minimum absolute atomic E-state index is 0.0546. The summed E-state index contributed by atoms with van der Waals surface area (Å²) >= 11 is 1.18. The van der Waals surface area contributed by atoms with E-state index in [1.54, 1.807) is 42.0 Å². The number of pyridine rings is 1. The van der Waals surface area contributed by atoms with Gasteiger partial charge in [-0.1, -0.05) is 12.1 Å². The molecule has 0 radical (unpaired) electrons. The van der Waals surface area contributed by atoms with E-state index in [1.807, 2.05) is 0 Å². The standard InChI is InChI=1S/C15H16N2O3S2/c18-15(11-5-6-11)17-10-13(12-3-1-7-16-9-12)22(19,20)14-4-2-8-21-14/h1-4,7-9,11,13H,5-6,10H2,(H,17,18)/t13-/m1/s1. The van der Waals surface area contributed by atoms with Crippen molar-refractivity contribution in [2.24, 2.45) is 5.92 Å². The third-order valence-corrected chi connectivity index (χ3v) is 7.15. The van der Waals surface area contributed by atoms with E-state index in [-0.39, 0.29) is 18.4 Å². The molecular weight excluding hydrogens is 320 g/mol. The molecule has 1 atom stereocenters. The van der Waals surface area contributed by atoms with Crippen molar-refractivity contribution < 1.29 is 13.2 Å². The molecule has 2 heterocycles. The second-order valence-corrected chi connectivity index (χ2v) is 8.58. The van der Waals surface area contributed by atoms with Crippen molar-refractivity contribution in [1.29, 1.82) is 0 Å². The van der Waals surface area contributed by atoms with Crippen LogP contribution in [0, 0.1) is 5.92 Å². The molecule has 22 heavy (non-hydrogen) atoms. The average Bonchev–Trinajstić information content (AvgIpc) is 3.22. The molecule has 1 fully saturated rings. The molecule has 0 aromatic carbocycles. The first-order chi connectivity index (χ1) is 10.6. The normalized spacial score (nSPS) is 16.2. The minimum Gasteiger partial charge on any atom is -0.354 e. The fraction of sp³-hybridized carbons (Fsp3) is 0.333. The predicted octanol–water partition coefficient (Wildman–Crippen LogP) is 2.18. The highest BCUT2D eigenvalue weighted by Crippen LogP contribution is 2.32. The van der Waals surface area contributed by atoms with Gasteiger partial charge in [0.2, 0.25) is 5.91 Å². The first-order valence-electron chi connectivity index (χ1n) is 7.04. The smallest absolute Gasteiger partial charge is 0.223 e. The molecule has 1 aliphatic carbocycles. The fourth-order valence-corrected chi connectivity index (χ4v) is 5.07. The van der Waals surface area contributed by atoms with Crippen LogP contribution in [0.3, 0.4) is 0 Å². The van der Waals surface area contributed by atoms with Crippen LogP contribution in [0.15, 0.2) is 46.2 Å². The molecule has 0 unspecified atom stereocenters. The molecule has 3 rings (SSSR count). The molecule has 1 saturated carbocycles. The Bertz CT molecular complexity index is 738. The number of sulfone groups is 1. The van der Waals surface area contributed by atoms with Gasteiger partial charge in [-0.25, -0.2) is 8.42 Å². The number of nitrogens with one attached hydrogen (secondary N) is 1. The third-order valence-electron chi connectivity index (χ3n) is 3.62. The average molecular weight is 336 g/mol. The molecule has 0 saturated heterocycles. The monoisotopic (exact) mass is 336 g/mol. The van der Waals surface area contributed by atoms with Gasteiger partial charge in [0.25, 0.3) is 0 Å². The van der Waals surface area contributed by atoms with Gasteiger partial charge in [0, 0.05) is 24.9 Å². The van der Waals surface area contributed by atoms with Gasteiger partial charge in [-0.05, 0) is 35.9 Å². The van der Waals surface area contributed by atoms with Crippen LogP contribution in [0.2, 0.25) is 0 Å². The lowest BCUT2D eigenvalue weighted by atomic mass is 10.2. The van der Waals surface area contributed by atoms with Crippen LogP contribution in [-0.2, 0) is 14.6 Å². The molecular formula is C15H16N2O3S2. The Hall–Kier alpha value is -1.73. The highest BCUT2D eigenvalue weighted by Gasteiger charge is 2.33. The van der Waals surface area contributed by atoms with Crippen molar-refractivity contribution in [3.63, 3.8) is 0 Å². The molecule has 7 heteroatoms. The van der Waals surface area contributed by atoms with Crippen molar-refractivity contribution >= 4 is 27.1 Å². The number of aromatic nitrogens is 1. The molecule has 1 N–H and O–H groups in total. The molecule has 0 spiro atoms. The van der Waals surface area contributed by atoms with Crippen LogP contribution in [-0.4, -0.2) is 25.9 Å². The number of hydrogen-bond donors (Lipinski definition) is 1. The molecule has 5 nitrogen and oxygen atoms in total. The lowest BCUT2D eigenvalue weighted by Crippen LogP contribution is -2.32. The molecule has 116 valence electrons. The number of rotatable bonds is 6. The van der Waals surface area contributed by atoms with Gasteiger partial charge < -0.3 is 5.32 Å². The van der Waals surface area contributed by atoms with Crippen LogP contribution in [0.5, 0.6) is 0 Å². The zero-order chi connectivity index (χ0) is 15.6. The van der Waals surface area contributed by atoms with Crippen molar-refractivity contribution in [2.45, 2.75) is 22.3 Å². The van der Waals surface area contributed by atoms with Gasteiger partial charge in [-0.3, -0.25) is 9.78 Å². The van der Waals surface area contributed by atoms with Gasteiger partial charge in [0.1, 0.15) is 9.46 Å². The Morgan fingerprint density at radius 2 is 2.18 bits per heavy atom. The van der Waals surface area contributed by atoms with Gasteiger partial charge in [0.05, 0.1) is 0 Å². The maximum Gasteiger partial charge on any atom is 0.223 e. The number of nitrogens with zero attached hydrogens (tertiary/aromatic N) is 1. The Labute approximate surface area is 133 Å². The van der Waals surface area contributed by atoms with E-state index < -0.39 is 15.1 Å². The van der Waals surface area contributed by atoms with Gasteiger partial charge >= 0.3 is 0 Å². The summed E-state index contributed by atoms with van der Waals surface area (Å²) in [6.07, 6.45) is 4.92. The second-order valence-electron chi connectivity index (χ2n) is 5.27. The maximum absolute atomic E-state index is 12.8. The third kappa shape index (κ3) is 3.20. The first-order valence-corrected chi connectivity index (χ1v) is 9.46. The zero-order valence-corrected chi connectivity index (χ0v) is 13.4. The minimum atomic E-state index is -3.55. The van der Waals surface area contributed by atoms with Gasteiger partial charge in [-0.15, -0.1) is 11.3 Å². The van der Waals surface area contributed by atoms with Crippen LogP contribution in [0.1, 0.15) is 23.7 Å². The Balaban J connectivity index is 1.87. The molecule has 1 amide bonds. The highest BCUT2D eigenvalue weighted by atomic mass is 32.2. The van der Waals surface area contributed by atoms with Crippen LogP contribution in [0.25, 0.3) is 0 Å². The fourth-order valence-electron chi connectivity index (χ4n) is 2.22. The van der Waals surface area contributed by atoms with Gasteiger partial charge in [-0.2, -0.15) is 0 Å². The van der Waals surface area contributed by atoms with E-state index in [4.69, 9.17) is 0 Å². The lowest BCUT2D eigenvalue weighted by molar-refractivity contribution is -0.122. The largest absolute Gasteiger partial charge is 0.354 e. The Kier molecular flexibility index (Phi) is 4.26. The number of thiophene rings is 1. The van der Waals surface area contributed by atoms with E-state index in [2.05, 4.69) is 10.3 Å². The summed E-state index contributed by atoms with van der Waals surface area (Å²) < 4.78 is 26.0. The van der Waals surface area contributed by atoms with Gasteiger partial charge in [0.15, 0.2) is 9.84 Å². The molecule has 2 aromatic heterocycles. The van der Waals surface area contributed by atoms with Crippen molar-refractivity contribution in [3.05, 3.63) is 47.6 Å². The predicted molar refractivity (Wildman–Crippen MR) is 84.2 cm³/mol. The molecule has 1 aliphatic rings. The van der Waals surface area contributed by atoms with E-state index in [0.717, 1.165) is 12.8 Å². The molecule has 0 bridgehead atoms. The maximum atomic E-state index is 12.8. The summed E-state index contributed by atoms with van der Waals surface area (Å²) in [5.41, 5.74) is 0.590. The number of carbonyl (C=O) groups excluding carboxylic acids is 1. The molecule has 0 aliphatic heterocycles. The number of amides is 1. The van der Waals surface area contributed by atoms with E-state index in [0.29, 0.717) is 9.77 Å². The quantitative estimate of drug-likeness (QED) is 0.877. The van der Waals surface area contributed by atoms with E-state index in [9.17, 15) is 13.2 Å². The summed E-state index contributed by atoms with van der Waals surface area (Å²) in [5, 5.41) is 3.69. The molecule has 2 aromatic rings. The number of hydrogen-bond acceptors (Lipinski definition) is 5. The van der Waals surface area contributed by atoms with Crippen LogP contribution in [0.4, 0.5) is 0 Å². The second kappa shape index (κ2) is 6.18. The van der Waals surface area contributed by atoms with Crippen LogP contribution < -0.4 is 5.32 Å². The zero-order valence-electron chi connectivity index (χ0n) is 11.8. The van der Waals surface area contributed by atoms with E-state index in [1.165, 1.54) is 11.3 Å². The lowest BCUT2D eigenvalue weighted by Gasteiger charge is -2.17. The Morgan fingerprint density at radius 1 is 1.36 bits per heavy atom. The van der Waals surface area contributed by atoms with Crippen LogP contribution >= 0.6 is 11.3 Å². The summed E-state index contributed by atoms with van der Waals surface area (Å²) in [6.45, 7) is 0.0707. The summed E-state index contributed by atoms with van der Waals surface area (Å²) in [7, 11) is -3.55. The van der Waals surface area contributed by atoms with E-state index >= 15 is 0 Å². The summed E-state index contributed by atoms with van der Waals surface area (Å²) in [4.78, 5) is 15.8.